The average Bonchev–Trinajstić information content (AvgIpc) is 3.95. The zero-order valence-corrected chi connectivity index (χ0v) is 36.6. The Labute approximate surface area is 356 Å². The van der Waals surface area contributed by atoms with Crippen molar-refractivity contribution >= 4 is 104 Å². The molecule has 0 amide bonds. The van der Waals surface area contributed by atoms with Crippen molar-refractivity contribution in [2.75, 3.05) is 4.90 Å². The largest absolute Gasteiger partial charge is 0.308 e. The molecule has 0 fully saturated rings. The van der Waals surface area contributed by atoms with Gasteiger partial charge >= 0.3 is 0 Å². The third kappa shape index (κ3) is 5.02. The third-order valence-electron chi connectivity index (χ3n) is 13.5. The fourth-order valence-corrected chi connectivity index (χ4v) is 10.3. The van der Waals surface area contributed by atoms with Crippen LogP contribution in [0, 0.1) is 0 Å². The first-order valence-corrected chi connectivity index (χ1v) is 21.8. The number of nitrogens with zero attached hydrogens (tertiary/aromatic N) is 4. The van der Waals surface area contributed by atoms with Crippen LogP contribution in [0.25, 0.3) is 87.2 Å². The van der Waals surface area contributed by atoms with Crippen molar-refractivity contribution in [1.82, 2.24) is 13.8 Å². The normalized spacial score (nSPS) is 13.3. The number of para-hydroxylation sites is 2. The molecule has 0 atom stereocenters. The molecular formula is C57H50N4. The Hall–Kier alpha value is -6.65. The van der Waals surface area contributed by atoms with E-state index in [0.29, 0.717) is 0 Å². The van der Waals surface area contributed by atoms with Gasteiger partial charge in [-0.25, -0.2) is 4.98 Å². The first-order valence-electron chi connectivity index (χ1n) is 21.8. The SMILES string of the molecule is CC(C)(C)c1ccc2c(c1)c1c3ccccc3cc3c4nc5c(cc4n2c31)c1cc(C(C)(C)C)cc2c3cc(C(C)(C)C)cc(N(c4ccccc4)c4ccccc4)c3n5c12. The standard InChI is InChI=1S/C57H50N4/c1-55(2,3)34-24-25-46-44(27-34)49-39-23-17-16-18-33(39)26-45-50-47(60(46)53(45)49)32-43-42-29-35(56(4,5)6)28-40-41-30-36(57(7,8)9)31-48(52(41)61(51(40)42)54(43)58-50)59(37-19-12-10-13-20-37)38-21-14-11-15-22-38/h10-32H,1-9H3. The Morgan fingerprint density at radius 2 is 0.967 bits per heavy atom. The van der Waals surface area contributed by atoms with E-state index in [9.17, 15) is 0 Å². The highest BCUT2D eigenvalue weighted by atomic mass is 15.2. The van der Waals surface area contributed by atoms with Crippen LogP contribution in [0.3, 0.4) is 0 Å². The molecule has 0 N–H and O–H groups in total. The van der Waals surface area contributed by atoms with E-state index in [1.807, 2.05) is 0 Å². The second-order valence-electron chi connectivity index (χ2n) is 20.6. The lowest BCUT2D eigenvalue weighted by atomic mass is 9.84. The van der Waals surface area contributed by atoms with E-state index in [-0.39, 0.29) is 16.2 Å². The van der Waals surface area contributed by atoms with Crippen molar-refractivity contribution in [2.24, 2.45) is 0 Å². The topological polar surface area (TPSA) is 24.9 Å². The molecule has 0 radical (unpaired) electrons. The van der Waals surface area contributed by atoms with Crippen molar-refractivity contribution in [2.45, 2.75) is 78.6 Å². The Morgan fingerprint density at radius 3 is 1.61 bits per heavy atom. The van der Waals surface area contributed by atoms with Gasteiger partial charge < -0.3 is 9.30 Å². The van der Waals surface area contributed by atoms with Crippen LogP contribution in [0.1, 0.15) is 79.0 Å². The molecule has 0 saturated carbocycles. The molecule has 4 heteroatoms. The fourth-order valence-electron chi connectivity index (χ4n) is 10.3. The van der Waals surface area contributed by atoms with Gasteiger partial charge in [0, 0.05) is 49.1 Å². The first kappa shape index (κ1) is 36.2. The summed E-state index contributed by atoms with van der Waals surface area (Å²) in [6.45, 7) is 20.9. The number of anilines is 3. The Bertz CT molecular complexity index is 3690. The number of hydrogen-bond donors (Lipinski definition) is 0. The molecule has 298 valence electrons. The van der Waals surface area contributed by atoms with Crippen LogP contribution in [-0.4, -0.2) is 13.8 Å². The van der Waals surface area contributed by atoms with Crippen molar-refractivity contribution in [3.05, 3.63) is 156 Å². The van der Waals surface area contributed by atoms with Crippen LogP contribution in [0.5, 0.6) is 0 Å². The van der Waals surface area contributed by atoms with Gasteiger partial charge in [-0.1, -0.05) is 129 Å². The van der Waals surface area contributed by atoms with Gasteiger partial charge in [0.25, 0.3) is 0 Å². The quantitative estimate of drug-likeness (QED) is 0.178. The van der Waals surface area contributed by atoms with Crippen LogP contribution < -0.4 is 4.90 Å². The molecule has 12 rings (SSSR count). The summed E-state index contributed by atoms with van der Waals surface area (Å²) < 4.78 is 5.04. The number of hydrogen-bond acceptors (Lipinski definition) is 2. The molecule has 0 aliphatic carbocycles. The molecule has 0 bridgehead atoms. The molecule has 12 aromatic rings. The van der Waals surface area contributed by atoms with Crippen molar-refractivity contribution in [3.8, 4) is 0 Å². The monoisotopic (exact) mass is 790 g/mol. The number of rotatable bonds is 3. The molecule has 5 heterocycles. The Balaban J connectivity index is 1.31. The number of fused-ring (bicyclic) bond motifs is 14. The molecule has 0 unspecified atom stereocenters. The summed E-state index contributed by atoms with van der Waals surface area (Å²) in [5.74, 6) is 0. The smallest absolute Gasteiger partial charge is 0.146 e. The highest BCUT2D eigenvalue weighted by Gasteiger charge is 2.30. The van der Waals surface area contributed by atoms with Gasteiger partial charge in [0.15, 0.2) is 0 Å². The maximum absolute atomic E-state index is 5.91. The first-order chi connectivity index (χ1) is 29.2. The van der Waals surface area contributed by atoms with Gasteiger partial charge in [0.05, 0.1) is 38.8 Å². The predicted octanol–water partition coefficient (Wildman–Crippen LogP) is 15.9. The van der Waals surface area contributed by atoms with Crippen molar-refractivity contribution < 1.29 is 0 Å². The van der Waals surface area contributed by atoms with Gasteiger partial charge in [-0.15, -0.1) is 0 Å². The van der Waals surface area contributed by atoms with Gasteiger partial charge in [-0.05, 0) is 117 Å². The molecule has 5 aromatic heterocycles. The van der Waals surface area contributed by atoms with Crippen LogP contribution in [-0.2, 0) is 16.2 Å². The minimum absolute atomic E-state index is 0.0310. The van der Waals surface area contributed by atoms with Gasteiger partial charge in [-0.3, -0.25) is 4.40 Å². The molecular weight excluding hydrogens is 741 g/mol. The van der Waals surface area contributed by atoms with Crippen molar-refractivity contribution in [3.63, 3.8) is 0 Å². The van der Waals surface area contributed by atoms with Crippen molar-refractivity contribution in [1.29, 1.82) is 0 Å². The average molecular weight is 791 g/mol. The van der Waals surface area contributed by atoms with Crippen LogP contribution in [0.4, 0.5) is 17.1 Å². The summed E-state index contributed by atoms with van der Waals surface area (Å²) in [4.78, 5) is 8.36. The van der Waals surface area contributed by atoms with Gasteiger partial charge in [0.2, 0.25) is 0 Å². The molecule has 0 saturated heterocycles. The number of aromatic nitrogens is 3. The predicted molar refractivity (Wildman–Crippen MR) is 262 cm³/mol. The second kappa shape index (κ2) is 12.0. The van der Waals surface area contributed by atoms with Gasteiger partial charge in [0.1, 0.15) is 5.65 Å². The lowest BCUT2D eigenvalue weighted by Gasteiger charge is -2.29. The molecule has 0 aliphatic rings. The lowest BCUT2D eigenvalue weighted by Crippen LogP contribution is -2.15. The maximum Gasteiger partial charge on any atom is 0.146 e. The molecule has 0 aliphatic heterocycles. The van der Waals surface area contributed by atoms with E-state index in [0.717, 1.165) is 33.7 Å². The zero-order chi connectivity index (χ0) is 41.9. The van der Waals surface area contributed by atoms with Crippen LogP contribution in [0.2, 0.25) is 0 Å². The van der Waals surface area contributed by atoms with E-state index >= 15 is 0 Å². The molecule has 61 heavy (non-hydrogen) atoms. The number of pyridine rings is 1. The van der Waals surface area contributed by atoms with E-state index in [2.05, 4.69) is 216 Å². The summed E-state index contributed by atoms with van der Waals surface area (Å²) in [7, 11) is 0. The van der Waals surface area contributed by atoms with Gasteiger partial charge in [-0.2, -0.15) is 0 Å². The van der Waals surface area contributed by atoms with E-state index in [1.165, 1.54) is 87.2 Å². The highest BCUT2D eigenvalue weighted by molar-refractivity contribution is 6.32. The summed E-state index contributed by atoms with van der Waals surface area (Å²) in [5.41, 5.74) is 15.3. The van der Waals surface area contributed by atoms with E-state index in [1.54, 1.807) is 0 Å². The van der Waals surface area contributed by atoms with E-state index < -0.39 is 0 Å². The summed E-state index contributed by atoms with van der Waals surface area (Å²) in [6, 6.07) is 52.4. The fraction of sp³-hybridized carbons (Fsp3) is 0.211. The minimum Gasteiger partial charge on any atom is -0.308 e. The second-order valence-corrected chi connectivity index (χ2v) is 20.6. The number of benzene rings is 7. The van der Waals surface area contributed by atoms with Crippen LogP contribution >= 0.6 is 0 Å². The maximum atomic E-state index is 5.91. The van der Waals surface area contributed by atoms with E-state index in [4.69, 9.17) is 4.98 Å². The molecule has 0 spiro atoms. The van der Waals surface area contributed by atoms with Crippen LogP contribution in [0.15, 0.2) is 140 Å². The third-order valence-corrected chi connectivity index (χ3v) is 13.5. The lowest BCUT2D eigenvalue weighted by molar-refractivity contribution is 0.591. The summed E-state index contributed by atoms with van der Waals surface area (Å²) in [6.07, 6.45) is 0. The summed E-state index contributed by atoms with van der Waals surface area (Å²) >= 11 is 0. The molecule has 7 aromatic carbocycles. The Kier molecular flexibility index (Phi) is 7.13. The minimum atomic E-state index is -0.0900. The zero-order valence-electron chi connectivity index (χ0n) is 36.6. The summed E-state index contributed by atoms with van der Waals surface area (Å²) in [5, 5.41) is 11.3. The Morgan fingerprint density at radius 1 is 0.410 bits per heavy atom. The highest BCUT2D eigenvalue weighted by Crippen LogP contribution is 2.50. The molecule has 4 nitrogen and oxygen atoms in total.